The molecule has 7 heteroatoms. The van der Waals surface area contributed by atoms with E-state index < -0.39 is 5.97 Å². The molecule has 1 heterocycles. The van der Waals surface area contributed by atoms with Crippen molar-refractivity contribution in [2.45, 2.75) is 26.3 Å². The number of halogens is 2. The summed E-state index contributed by atoms with van der Waals surface area (Å²) >= 11 is 12.5. The smallest absolute Gasteiger partial charge is 0.550 e. The Hall–Kier alpha value is -0.404. The second-order valence-electron chi connectivity index (χ2n) is 5.56. The molecule has 1 aromatic heterocycles. The number of carboxylic acids is 1. The minimum atomic E-state index is -1.11. The van der Waals surface area contributed by atoms with Gasteiger partial charge in [-0.3, -0.25) is 4.68 Å². The zero-order chi connectivity index (χ0) is 17.3. The number of aromatic nitrogens is 2. The topological polar surface area (TPSA) is 58.0 Å². The third kappa shape index (κ3) is 4.66. The molecule has 124 valence electrons. The number of hydrogen-bond donors (Lipinski definition) is 0. The van der Waals surface area contributed by atoms with Crippen LogP contribution in [0.4, 0.5) is 0 Å². The second kappa shape index (κ2) is 9.00. The predicted molar refractivity (Wildman–Crippen MR) is 93.4 cm³/mol. The molecular weight excluding hydrogens is 386 g/mol. The van der Waals surface area contributed by atoms with Gasteiger partial charge in [-0.05, 0) is 30.2 Å². The standard InChI is InChI=1S/C18H16Cl2N2O2.K/c1-2-16-12-7-6-11(9-18(23)24)8-17(12)22(21-16)10-13-14(19)4-3-5-15(13)20;/h3-8H,2,9-10H2,1H3,(H,23,24);/q;+1/p-1. The van der Waals surface area contributed by atoms with E-state index in [0.29, 0.717) is 22.2 Å². The molecule has 0 N–H and O–H groups in total. The van der Waals surface area contributed by atoms with Crippen LogP contribution in [-0.4, -0.2) is 15.7 Å². The molecule has 0 fully saturated rings. The summed E-state index contributed by atoms with van der Waals surface area (Å²) < 4.78 is 1.82. The number of aryl methyl sites for hydroxylation is 1. The summed E-state index contributed by atoms with van der Waals surface area (Å²) in [6.45, 7) is 2.45. The van der Waals surface area contributed by atoms with E-state index in [1.54, 1.807) is 24.3 Å². The van der Waals surface area contributed by atoms with Crippen molar-refractivity contribution in [2.24, 2.45) is 0 Å². The molecule has 4 nitrogen and oxygen atoms in total. The van der Waals surface area contributed by atoms with E-state index in [1.165, 1.54) is 0 Å². The van der Waals surface area contributed by atoms with E-state index in [1.807, 2.05) is 23.7 Å². The molecule has 0 aliphatic rings. The van der Waals surface area contributed by atoms with Crippen LogP contribution in [0.1, 0.15) is 23.7 Å². The van der Waals surface area contributed by atoms with E-state index >= 15 is 0 Å². The first-order chi connectivity index (χ1) is 11.5. The van der Waals surface area contributed by atoms with Crippen LogP contribution in [0, 0.1) is 0 Å². The molecule has 3 aromatic rings. The normalized spacial score (nSPS) is 10.7. The Balaban J connectivity index is 0.00000225. The number of benzene rings is 2. The van der Waals surface area contributed by atoms with Gasteiger partial charge in [-0.25, -0.2) is 0 Å². The fourth-order valence-electron chi connectivity index (χ4n) is 2.78. The molecule has 3 rings (SSSR count). The van der Waals surface area contributed by atoms with E-state index in [4.69, 9.17) is 23.2 Å². The van der Waals surface area contributed by atoms with Gasteiger partial charge in [-0.1, -0.05) is 48.3 Å². The molecule has 0 amide bonds. The number of rotatable bonds is 5. The largest absolute Gasteiger partial charge is 1.00 e. The van der Waals surface area contributed by atoms with Gasteiger partial charge in [-0.15, -0.1) is 0 Å². The Labute approximate surface area is 198 Å². The number of aliphatic carboxylic acids is 1. The Morgan fingerprint density at radius 1 is 1.20 bits per heavy atom. The first-order valence-corrected chi connectivity index (χ1v) is 8.36. The first kappa shape index (κ1) is 20.9. The van der Waals surface area contributed by atoms with Crippen LogP contribution in [-0.2, 0) is 24.2 Å². The van der Waals surface area contributed by atoms with Gasteiger partial charge in [0.25, 0.3) is 0 Å². The molecule has 0 spiro atoms. The maximum Gasteiger partial charge on any atom is 1.00 e. The van der Waals surface area contributed by atoms with Crippen molar-refractivity contribution in [3.8, 4) is 0 Å². The first-order valence-electron chi connectivity index (χ1n) is 7.60. The SMILES string of the molecule is CCc1nn(Cc2c(Cl)cccc2Cl)c2cc(CC(=O)[O-])ccc12.[K+]. The molecule has 0 saturated heterocycles. The summed E-state index contributed by atoms with van der Waals surface area (Å²) in [5.74, 6) is -1.11. The quantitative estimate of drug-likeness (QED) is 0.576. The molecule has 0 radical (unpaired) electrons. The Morgan fingerprint density at radius 2 is 1.88 bits per heavy atom. The number of nitrogens with zero attached hydrogens (tertiary/aromatic N) is 2. The van der Waals surface area contributed by atoms with Gasteiger partial charge >= 0.3 is 51.4 Å². The number of carbonyl (C=O) groups excluding carboxylic acids is 1. The minimum absolute atomic E-state index is 0. The summed E-state index contributed by atoms with van der Waals surface area (Å²) in [4.78, 5) is 10.9. The molecule has 2 aromatic carbocycles. The van der Waals surface area contributed by atoms with Crippen molar-refractivity contribution in [1.29, 1.82) is 0 Å². The number of carbonyl (C=O) groups is 1. The fourth-order valence-corrected chi connectivity index (χ4v) is 3.30. The number of carboxylic acid groups (broad SMARTS) is 1. The summed E-state index contributed by atoms with van der Waals surface area (Å²) in [5.41, 5.74) is 3.28. The Morgan fingerprint density at radius 3 is 2.48 bits per heavy atom. The van der Waals surface area contributed by atoms with Gasteiger partial charge in [0.05, 0.1) is 17.8 Å². The Bertz CT molecular complexity index is 905. The summed E-state index contributed by atoms with van der Waals surface area (Å²) in [6, 6.07) is 10.9. The number of fused-ring (bicyclic) bond motifs is 1. The second-order valence-corrected chi connectivity index (χ2v) is 6.37. The van der Waals surface area contributed by atoms with Crippen molar-refractivity contribution >= 4 is 40.1 Å². The van der Waals surface area contributed by atoms with Crippen molar-refractivity contribution < 1.29 is 61.3 Å². The predicted octanol–water partition coefficient (Wildman–Crippen LogP) is 0.250. The maximum atomic E-state index is 10.9. The van der Waals surface area contributed by atoms with Gasteiger partial charge in [0.2, 0.25) is 0 Å². The molecule has 0 aliphatic carbocycles. The maximum absolute atomic E-state index is 10.9. The zero-order valence-electron chi connectivity index (χ0n) is 14.1. The van der Waals surface area contributed by atoms with Crippen LogP contribution in [0.15, 0.2) is 36.4 Å². The van der Waals surface area contributed by atoms with E-state index in [2.05, 4.69) is 5.10 Å². The van der Waals surface area contributed by atoms with Crippen LogP contribution in [0.2, 0.25) is 10.0 Å². The Kier molecular flexibility index (Phi) is 7.52. The monoisotopic (exact) mass is 400 g/mol. The van der Waals surface area contributed by atoms with Crippen LogP contribution < -0.4 is 56.5 Å². The van der Waals surface area contributed by atoms with Gasteiger partial charge in [0.1, 0.15) is 0 Å². The summed E-state index contributed by atoms with van der Waals surface area (Å²) in [7, 11) is 0. The molecular formula is C18H15Cl2KN2O2. The molecule has 0 bridgehead atoms. The van der Waals surface area contributed by atoms with Gasteiger partial charge < -0.3 is 9.90 Å². The average molecular weight is 401 g/mol. The molecule has 0 saturated carbocycles. The van der Waals surface area contributed by atoms with E-state index in [-0.39, 0.29) is 57.8 Å². The van der Waals surface area contributed by atoms with Gasteiger partial charge in [0.15, 0.2) is 0 Å². The summed E-state index contributed by atoms with van der Waals surface area (Å²) in [5, 5.41) is 17.7. The molecule has 0 unspecified atom stereocenters. The van der Waals surface area contributed by atoms with Crippen LogP contribution in [0.25, 0.3) is 10.9 Å². The fraction of sp³-hybridized carbons (Fsp3) is 0.222. The van der Waals surface area contributed by atoms with Crippen molar-refractivity contribution in [3.05, 3.63) is 63.3 Å². The third-order valence-corrected chi connectivity index (χ3v) is 4.65. The van der Waals surface area contributed by atoms with E-state index in [0.717, 1.165) is 28.6 Å². The third-order valence-electron chi connectivity index (χ3n) is 3.95. The number of hydrogen-bond acceptors (Lipinski definition) is 3. The van der Waals surface area contributed by atoms with Gasteiger partial charge in [-0.2, -0.15) is 5.10 Å². The van der Waals surface area contributed by atoms with Crippen molar-refractivity contribution in [3.63, 3.8) is 0 Å². The van der Waals surface area contributed by atoms with Gasteiger partial charge in [0, 0.05) is 33.4 Å². The average Bonchev–Trinajstić information content (AvgIpc) is 2.88. The van der Waals surface area contributed by atoms with Crippen LogP contribution >= 0.6 is 23.2 Å². The zero-order valence-corrected chi connectivity index (χ0v) is 18.7. The van der Waals surface area contributed by atoms with Crippen LogP contribution in [0.3, 0.4) is 0 Å². The van der Waals surface area contributed by atoms with Crippen molar-refractivity contribution in [2.75, 3.05) is 0 Å². The molecule has 0 atom stereocenters. The minimum Gasteiger partial charge on any atom is -0.550 e. The van der Waals surface area contributed by atoms with Crippen LogP contribution in [0.5, 0.6) is 0 Å². The summed E-state index contributed by atoms with van der Waals surface area (Å²) in [6.07, 6.45) is 0.648. The van der Waals surface area contributed by atoms with Crippen molar-refractivity contribution in [1.82, 2.24) is 9.78 Å². The molecule has 0 aliphatic heterocycles. The molecule has 25 heavy (non-hydrogen) atoms. The van der Waals surface area contributed by atoms with E-state index in [9.17, 15) is 9.90 Å².